The lowest BCUT2D eigenvalue weighted by Gasteiger charge is -2.32. The molecule has 0 radical (unpaired) electrons. The summed E-state index contributed by atoms with van der Waals surface area (Å²) < 4.78 is 5.26. The number of benzene rings is 3. The Kier molecular flexibility index (Phi) is 6.13. The number of piperidine rings is 1. The van der Waals surface area contributed by atoms with Crippen molar-refractivity contribution in [2.75, 3.05) is 25.5 Å². The number of rotatable bonds is 6. The highest BCUT2D eigenvalue weighted by molar-refractivity contribution is 5.94. The summed E-state index contributed by atoms with van der Waals surface area (Å²) in [6.45, 7) is 2.37. The third-order valence-electron chi connectivity index (χ3n) is 5.80. The number of carbonyl (C=O) groups excluding carboxylic acids is 1. The summed E-state index contributed by atoms with van der Waals surface area (Å²) in [6.07, 6.45) is 1.71. The molecule has 1 heterocycles. The number of amides is 1. The fourth-order valence-electron chi connectivity index (χ4n) is 4.23. The number of nitrogens with zero attached hydrogens (tertiary/aromatic N) is 2. The van der Waals surface area contributed by atoms with Gasteiger partial charge in [-0.15, -0.1) is 0 Å². The SMILES string of the molecule is COc1ccc([N+](=O)[O-])cc1NC(=O)C1CCCN(Cc2cccc3ccccc23)C1. The maximum atomic E-state index is 13.0. The number of fused-ring (bicyclic) bond motifs is 1. The number of nitro benzene ring substituents is 1. The third-order valence-corrected chi connectivity index (χ3v) is 5.80. The summed E-state index contributed by atoms with van der Waals surface area (Å²) in [5, 5.41) is 16.4. The van der Waals surface area contributed by atoms with Crippen LogP contribution in [-0.2, 0) is 11.3 Å². The summed E-state index contributed by atoms with van der Waals surface area (Å²) in [5.41, 5.74) is 1.49. The maximum Gasteiger partial charge on any atom is 0.271 e. The van der Waals surface area contributed by atoms with Gasteiger partial charge in [-0.2, -0.15) is 0 Å². The Labute approximate surface area is 180 Å². The zero-order valence-corrected chi connectivity index (χ0v) is 17.4. The number of ether oxygens (including phenoxy) is 1. The second kappa shape index (κ2) is 9.14. The van der Waals surface area contributed by atoms with E-state index in [2.05, 4.69) is 40.5 Å². The summed E-state index contributed by atoms with van der Waals surface area (Å²) in [7, 11) is 1.48. The number of hydrogen-bond donors (Lipinski definition) is 1. The molecule has 1 fully saturated rings. The molecule has 1 amide bonds. The molecule has 1 N–H and O–H groups in total. The molecule has 3 aromatic rings. The lowest BCUT2D eigenvalue weighted by molar-refractivity contribution is -0.384. The van der Waals surface area contributed by atoms with Gasteiger partial charge in [0.1, 0.15) is 5.75 Å². The van der Waals surface area contributed by atoms with E-state index >= 15 is 0 Å². The Morgan fingerprint density at radius 2 is 2.00 bits per heavy atom. The molecular formula is C24H25N3O4. The van der Waals surface area contributed by atoms with E-state index < -0.39 is 4.92 Å². The lowest BCUT2D eigenvalue weighted by Crippen LogP contribution is -2.40. The van der Waals surface area contributed by atoms with Gasteiger partial charge in [0.25, 0.3) is 5.69 Å². The number of anilines is 1. The topological polar surface area (TPSA) is 84.7 Å². The van der Waals surface area contributed by atoms with Crippen molar-refractivity contribution in [3.8, 4) is 5.75 Å². The first-order valence-electron chi connectivity index (χ1n) is 10.4. The Morgan fingerprint density at radius 1 is 1.19 bits per heavy atom. The van der Waals surface area contributed by atoms with Crippen LogP contribution >= 0.6 is 0 Å². The average Bonchev–Trinajstić information content (AvgIpc) is 2.79. The van der Waals surface area contributed by atoms with Crippen LogP contribution in [0.1, 0.15) is 18.4 Å². The molecule has 0 aliphatic carbocycles. The monoisotopic (exact) mass is 419 g/mol. The molecular weight excluding hydrogens is 394 g/mol. The highest BCUT2D eigenvalue weighted by Gasteiger charge is 2.27. The van der Waals surface area contributed by atoms with Crippen molar-refractivity contribution in [3.05, 3.63) is 76.3 Å². The van der Waals surface area contributed by atoms with Gasteiger partial charge in [-0.1, -0.05) is 42.5 Å². The van der Waals surface area contributed by atoms with Gasteiger partial charge in [0.05, 0.1) is 23.6 Å². The number of hydrogen-bond acceptors (Lipinski definition) is 5. The van der Waals surface area contributed by atoms with Gasteiger partial charge < -0.3 is 10.1 Å². The van der Waals surface area contributed by atoms with Crippen molar-refractivity contribution >= 4 is 28.1 Å². The number of carbonyl (C=O) groups is 1. The smallest absolute Gasteiger partial charge is 0.271 e. The molecule has 1 unspecified atom stereocenters. The lowest BCUT2D eigenvalue weighted by atomic mass is 9.96. The first kappa shape index (κ1) is 20.8. The Bertz CT molecular complexity index is 1110. The minimum Gasteiger partial charge on any atom is -0.495 e. The van der Waals surface area contributed by atoms with E-state index in [9.17, 15) is 14.9 Å². The van der Waals surface area contributed by atoms with Gasteiger partial charge in [0.15, 0.2) is 0 Å². The van der Waals surface area contributed by atoms with E-state index in [-0.39, 0.29) is 17.5 Å². The summed E-state index contributed by atoms with van der Waals surface area (Å²) in [6, 6.07) is 18.8. The van der Waals surface area contributed by atoms with Crippen LogP contribution in [0.25, 0.3) is 10.8 Å². The largest absolute Gasteiger partial charge is 0.495 e. The molecule has 160 valence electrons. The van der Waals surface area contributed by atoms with Crippen LogP contribution < -0.4 is 10.1 Å². The second-order valence-corrected chi connectivity index (χ2v) is 7.84. The van der Waals surface area contributed by atoms with Crippen molar-refractivity contribution in [1.82, 2.24) is 4.90 Å². The number of nitro groups is 1. The van der Waals surface area contributed by atoms with E-state index in [4.69, 9.17) is 4.74 Å². The van der Waals surface area contributed by atoms with E-state index in [1.807, 2.05) is 12.1 Å². The van der Waals surface area contributed by atoms with Gasteiger partial charge in [0.2, 0.25) is 5.91 Å². The molecule has 1 aliphatic heterocycles. The number of methoxy groups -OCH3 is 1. The van der Waals surface area contributed by atoms with E-state index in [0.717, 1.165) is 25.9 Å². The Morgan fingerprint density at radius 3 is 2.81 bits per heavy atom. The van der Waals surface area contributed by atoms with Crippen LogP contribution in [0.15, 0.2) is 60.7 Å². The molecule has 0 saturated carbocycles. The van der Waals surface area contributed by atoms with E-state index in [1.54, 1.807) is 0 Å². The fourth-order valence-corrected chi connectivity index (χ4v) is 4.23. The van der Waals surface area contributed by atoms with Gasteiger partial charge in [-0.3, -0.25) is 19.8 Å². The Balaban J connectivity index is 1.47. The average molecular weight is 419 g/mol. The predicted octanol–water partition coefficient (Wildman–Crippen LogP) is 4.61. The molecule has 0 spiro atoms. The van der Waals surface area contributed by atoms with E-state index in [0.29, 0.717) is 18.0 Å². The summed E-state index contributed by atoms with van der Waals surface area (Å²) in [4.78, 5) is 25.9. The van der Waals surface area contributed by atoms with Crippen LogP contribution in [0.2, 0.25) is 0 Å². The zero-order valence-electron chi connectivity index (χ0n) is 17.4. The van der Waals surface area contributed by atoms with Crippen molar-refractivity contribution in [2.24, 2.45) is 5.92 Å². The first-order chi connectivity index (χ1) is 15.0. The van der Waals surface area contributed by atoms with Crippen LogP contribution in [-0.4, -0.2) is 35.9 Å². The zero-order chi connectivity index (χ0) is 21.8. The molecule has 4 rings (SSSR count). The van der Waals surface area contributed by atoms with Crippen LogP contribution in [0.4, 0.5) is 11.4 Å². The minimum atomic E-state index is -0.485. The molecule has 7 heteroatoms. The van der Waals surface area contributed by atoms with Crippen molar-refractivity contribution in [1.29, 1.82) is 0 Å². The highest BCUT2D eigenvalue weighted by Crippen LogP contribution is 2.30. The third kappa shape index (κ3) is 4.67. The maximum absolute atomic E-state index is 13.0. The standard InChI is InChI=1S/C24H25N3O4/c1-31-23-12-11-20(27(29)30)14-22(23)25-24(28)19-9-5-13-26(16-19)15-18-8-4-7-17-6-2-3-10-21(17)18/h2-4,6-8,10-12,14,19H,5,9,13,15-16H2,1H3,(H,25,28). The quantitative estimate of drug-likeness (QED) is 0.466. The van der Waals surface area contributed by atoms with Gasteiger partial charge in [0, 0.05) is 25.2 Å². The molecule has 31 heavy (non-hydrogen) atoms. The predicted molar refractivity (Wildman–Crippen MR) is 120 cm³/mol. The van der Waals surface area contributed by atoms with E-state index in [1.165, 1.54) is 41.6 Å². The van der Waals surface area contributed by atoms with Crippen molar-refractivity contribution in [3.63, 3.8) is 0 Å². The first-order valence-corrected chi connectivity index (χ1v) is 10.4. The summed E-state index contributed by atoms with van der Waals surface area (Å²) >= 11 is 0. The minimum absolute atomic E-state index is 0.0858. The van der Waals surface area contributed by atoms with Gasteiger partial charge >= 0.3 is 0 Å². The van der Waals surface area contributed by atoms with Crippen LogP contribution in [0.5, 0.6) is 5.75 Å². The number of likely N-dealkylation sites (tertiary alicyclic amines) is 1. The van der Waals surface area contributed by atoms with Crippen LogP contribution in [0, 0.1) is 16.0 Å². The molecule has 1 aliphatic rings. The normalized spacial score (nSPS) is 16.7. The molecule has 3 aromatic carbocycles. The highest BCUT2D eigenvalue weighted by atomic mass is 16.6. The van der Waals surface area contributed by atoms with Crippen molar-refractivity contribution < 1.29 is 14.5 Å². The van der Waals surface area contributed by atoms with Crippen molar-refractivity contribution in [2.45, 2.75) is 19.4 Å². The van der Waals surface area contributed by atoms with Crippen LogP contribution in [0.3, 0.4) is 0 Å². The molecule has 7 nitrogen and oxygen atoms in total. The number of non-ortho nitro benzene ring substituents is 1. The second-order valence-electron chi connectivity index (χ2n) is 7.84. The summed E-state index contributed by atoms with van der Waals surface area (Å²) in [5.74, 6) is 0.0801. The van der Waals surface area contributed by atoms with Gasteiger partial charge in [-0.25, -0.2) is 0 Å². The molecule has 1 saturated heterocycles. The fraction of sp³-hybridized carbons (Fsp3) is 0.292. The molecule has 1 atom stereocenters. The number of nitrogens with one attached hydrogen (secondary N) is 1. The van der Waals surface area contributed by atoms with Gasteiger partial charge in [-0.05, 0) is 41.8 Å². The molecule has 0 bridgehead atoms. The Hall–Kier alpha value is -3.45. The molecule has 0 aromatic heterocycles.